The molecule has 1 aromatic heterocycles. The Balaban J connectivity index is 2.60. The van der Waals surface area contributed by atoms with Gasteiger partial charge in [0.15, 0.2) is 5.13 Å². The van der Waals surface area contributed by atoms with Crippen LogP contribution in [0.15, 0.2) is 24.4 Å². The largest absolute Gasteiger partial charge is 0.496 e. The molecule has 5 heteroatoms. The van der Waals surface area contributed by atoms with Gasteiger partial charge in [-0.3, -0.25) is 0 Å². The summed E-state index contributed by atoms with van der Waals surface area (Å²) >= 11 is 1.41. The number of benzene rings is 1. The summed E-state index contributed by atoms with van der Waals surface area (Å²) in [7, 11) is 3.26. The summed E-state index contributed by atoms with van der Waals surface area (Å²) < 4.78 is 10.6. The first-order valence-corrected chi connectivity index (χ1v) is 5.50. The van der Waals surface area contributed by atoms with Crippen LogP contribution in [0.5, 0.6) is 11.5 Å². The van der Waals surface area contributed by atoms with Gasteiger partial charge in [-0.1, -0.05) is 17.4 Å². The molecule has 0 fully saturated rings. The highest BCUT2D eigenvalue weighted by molar-refractivity contribution is 7.18. The van der Waals surface area contributed by atoms with Crippen molar-refractivity contribution in [1.29, 1.82) is 0 Å². The van der Waals surface area contributed by atoms with Gasteiger partial charge in [-0.2, -0.15) is 0 Å². The summed E-state index contributed by atoms with van der Waals surface area (Å²) in [5, 5.41) is 0.531. The van der Waals surface area contributed by atoms with Crippen LogP contribution in [0.2, 0.25) is 0 Å². The fourth-order valence-corrected chi connectivity index (χ4v) is 2.24. The molecule has 0 radical (unpaired) electrons. The number of thiazole rings is 1. The Labute approximate surface area is 97.6 Å². The van der Waals surface area contributed by atoms with Crippen molar-refractivity contribution in [3.05, 3.63) is 24.4 Å². The lowest BCUT2D eigenvalue weighted by atomic mass is 10.1. The second kappa shape index (κ2) is 4.40. The summed E-state index contributed by atoms with van der Waals surface area (Å²) in [4.78, 5) is 4.97. The molecule has 0 aliphatic rings. The second-order valence-electron chi connectivity index (χ2n) is 3.10. The molecule has 0 bridgehead atoms. The van der Waals surface area contributed by atoms with Crippen LogP contribution in [0.4, 0.5) is 5.13 Å². The Bertz CT molecular complexity index is 474. The molecule has 16 heavy (non-hydrogen) atoms. The topological polar surface area (TPSA) is 57.4 Å². The van der Waals surface area contributed by atoms with Gasteiger partial charge in [0.1, 0.15) is 11.5 Å². The van der Waals surface area contributed by atoms with Gasteiger partial charge in [0.05, 0.1) is 24.7 Å². The van der Waals surface area contributed by atoms with Crippen LogP contribution in [0, 0.1) is 0 Å². The Hall–Kier alpha value is -1.75. The lowest BCUT2D eigenvalue weighted by Crippen LogP contribution is -1.91. The van der Waals surface area contributed by atoms with E-state index in [4.69, 9.17) is 15.2 Å². The number of aromatic nitrogens is 1. The van der Waals surface area contributed by atoms with Crippen LogP contribution in [0.1, 0.15) is 0 Å². The number of ether oxygens (including phenoxy) is 2. The maximum absolute atomic E-state index is 5.62. The fraction of sp³-hybridized carbons (Fsp3) is 0.182. The Morgan fingerprint density at radius 2 is 1.81 bits per heavy atom. The first-order chi connectivity index (χ1) is 7.76. The first kappa shape index (κ1) is 10.8. The van der Waals surface area contributed by atoms with Crippen molar-refractivity contribution >= 4 is 16.5 Å². The lowest BCUT2D eigenvalue weighted by Gasteiger charge is -2.10. The molecule has 0 atom stereocenters. The highest BCUT2D eigenvalue weighted by Gasteiger charge is 2.14. The molecule has 0 spiro atoms. The van der Waals surface area contributed by atoms with Crippen molar-refractivity contribution in [2.75, 3.05) is 20.0 Å². The third-order valence-corrected chi connectivity index (χ3v) is 3.04. The van der Waals surface area contributed by atoms with E-state index in [1.807, 2.05) is 18.2 Å². The van der Waals surface area contributed by atoms with E-state index in [1.165, 1.54) is 11.3 Å². The van der Waals surface area contributed by atoms with E-state index in [-0.39, 0.29) is 0 Å². The van der Waals surface area contributed by atoms with Crippen LogP contribution in [0.25, 0.3) is 10.4 Å². The molecule has 2 rings (SSSR count). The molecule has 2 N–H and O–H groups in total. The van der Waals surface area contributed by atoms with Crippen molar-refractivity contribution in [3.8, 4) is 21.9 Å². The zero-order valence-corrected chi connectivity index (χ0v) is 9.88. The number of methoxy groups -OCH3 is 2. The Morgan fingerprint density at radius 3 is 2.25 bits per heavy atom. The average molecular weight is 236 g/mol. The molecule has 4 nitrogen and oxygen atoms in total. The highest BCUT2D eigenvalue weighted by Crippen LogP contribution is 2.41. The number of nitrogens with zero attached hydrogens (tertiary/aromatic N) is 1. The van der Waals surface area contributed by atoms with E-state index in [2.05, 4.69) is 4.98 Å². The molecule has 0 aliphatic carbocycles. The van der Waals surface area contributed by atoms with Crippen LogP contribution in [0.3, 0.4) is 0 Å². The molecular weight excluding hydrogens is 224 g/mol. The van der Waals surface area contributed by atoms with E-state index < -0.39 is 0 Å². The van der Waals surface area contributed by atoms with Crippen LogP contribution in [-0.2, 0) is 0 Å². The maximum atomic E-state index is 5.62. The van der Waals surface area contributed by atoms with E-state index in [1.54, 1.807) is 20.4 Å². The van der Waals surface area contributed by atoms with E-state index in [0.29, 0.717) is 5.13 Å². The number of nitrogen functional groups attached to an aromatic ring is 1. The van der Waals surface area contributed by atoms with Gasteiger partial charge in [-0.15, -0.1) is 0 Å². The Morgan fingerprint density at radius 1 is 1.19 bits per heavy atom. The molecule has 2 aromatic rings. The molecule has 84 valence electrons. The van der Waals surface area contributed by atoms with Gasteiger partial charge in [-0.05, 0) is 12.1 Å². The first-order valence-electron chi connectivity index (χ1n) is 4.69. The average Bonchev–Trinajstić information content (AvgIpc) is 2.74. The van der Waals surface area contributed by atoms with Crippen molar-refractivity contribution in [1.82, 2.24) is 4.98 Å². The predicted octanol–water partition coefficient (Wildman–Crippen LogP) is 2.41. The highest BCUT2D eigenvalue weighted by atomic mass is 32.1. The smallest absolute Gasteiger partial charge is 0.180 e. The van der Waals surface area contributed by atoms with Gasteiger partial charge in [0.25, 0.3) is 0 Å². The molecule has 0 saturated heterocycles. The molecule has 0 aliphatic heterocycles. The molecule has 0 unspecified atom stereocenters. The van der Waals surface area contributed by atoms with Gasteiger partial charge < -0.3 is 15.2 Å². The predicted molar refractivity (Wildman–Crippen MR) is 65.1 cm³/mol. The minimum absolute atomic E-state index is 0.531. The normalized spacial score (nSPS) is 10.1. The fourth-order valence-electron chi connectivity index (χ4n) is 1.50. The van der Waals surface area contributed by atoms with Crippen molar-refractivity contribution in [2.45, 2.75) is 0 Å². The van der Waals surface area contributed by atoms with Crippen LogP contribution < -0.4 is 15.2 Å². The summed E-state index contributed by atoms with van der Waals surface area (Å²) in [5.41, 5.74) is 6.52. The van der Waals surface area contributed by atoms with Crippen molar-refractivity contribution in [2.24, 2.45) is 0 Å². The molecule has 1 heterocycles. The third kappa shape index (κ3) is 1.81. The lowest BCUT2D eigenvalue weighted by molar-refractivity contribution is 0.397. The van der Waals surface area contributed by atoms with Gasteiger partial charge in [-0.25, -0.2) is 4.98 Å². The number of anilines is 1. The van der Waals surface area contributed by atoms with Crippen LogP contribution >= 0.6 is 11.3 Å². The monoisotopic (exact) mass is 236 g/mol. The second-order valence-corrected chi connectivity index (χ2v) is 4.16. The number of nitrogens with two attached hydrogens (primary N) is 1. The molecule has 1 aromatic carbocycles. The summed E-state index contributed by atoms with van der Waals surface area (Å²) in [6, 6.07) is 5.65. The molecule has 0 saturated carbocycles. The zero-order chi connectivity index (χ0) is 11.5. The van der Waals surface area contributed by atoms with E-state index in [9.17, 15) is 0 Å². The summed E-state index contributed by atoms with van der Waals surface area (Å²) in [6.07, 6.45) is 1.72. The van der Waals surface area contributed by atoms with E-state index in [0.717, 1.165) is 21.9 Å². The van der Waals surface area contributed by atoms with Crippen molar-refractivity contribution < 1.29 is 9.47 Å². The number of hydrogen-bond acceptors (Lipinski definition) is 5. The SMILES string of the molecule is COc1cccc(OC)c1-c1cnc(N)s1. The van der Waals surface area contributed by atoms with Gasteiger partial charge in [0.2, 0.25) is 0 Å². The van der Waals surface area contributed by atoms with E-state index >= 15 is 0 Å². The standard InChI is InChI=1S/C11H12N2O2S/c1-14-7-4-3-5-8(15-2)10(7)9-6-13-11(12)16-9/h3-6H,1-2H3,(H2,12,13). The number of rotatable bonds is 3. The summed E-state index contributed by atoms with van der Waals surface area (Å²) in [6.45, 7) is 0. The minimum atomic E-state index is 0.531. The third-order valence-electron chi connectivity index (χ3n) is 2.20. The van der Waals surface area contributed by atoms with Crippen LogP contribution in [-0.4, -0.2) is 19.2 Å². The zero-order valence-electron chi connectivity index (χ0n) is 9.06. The van der Waals surface area contributed by atoms with Crippen molar-refractivity contribution in [3.63, 3.8) is 0 Å². The molecular formula is C11H12N2O2S. The summed E-state index contributed by atoms with van der Waals surface area (Å²) in [5.74, 6) is 1.51. The maximum Gasteiger partial charge on any atom is 0.180 e. The Kier molecular flexibility index (Phi) is 2.96. The van der Waals surface area contributed by atoms with Gasteiger partial charge >= 0.3 is 0 Å². The molecule has 0 amide bonds. The van der Waals surface area contributed by atoms with Gasteiger partial charge in [0, 0.05) is 6.20 Å². The number of hydrogen-bond donors (Lipinski definition) is 1. The quantitative estimate of drug-likeness (QED) is 0.889. The minimum Gasteiger partial charge on any atom is -0.496 e.